The molecule has 1 unspecified atom stereocenters. The second-order valence-electron chi connectivity index (χ2n) is 3.98. The Balaban J connectivity index is 2.66. The van der Waals surface area contributed by atoms with E-state index in [1.165, 1.54) is 45.4 Å². The molecule has 108 valence electrons. The Morgan fingerprint density at radius 3 is 2.60 bits per heavy atom. The molecule has 0 fully saturated rings. The van der Waals surface area contributed by atoms with E-state index in [-0.39, 0.29) is 5.75 Å². The Bertz CT molecular complexity index is 528. The summed E-state index contributed by atoms with van der Waals surface area (Å²) in [7, 11) is 2.61. The quantitative estimate of drug-likeness (QED) is 0.656. The number of nitrogens with one attached hydrogen (secondary N) is 1. The molecule has 0 heterocycles. The van der Waals surface area contributed by atoms with Crippen LogP contribution in [0.5, 0.6) is 5.75 Å². The molecule has 1 atom stereocenters. The number of ether oxygens (including phenoxy) is 2. The first-order chi connectivity index (χ1) is 9.47. The van der Waals surface area contributed by atoms with Gasteiger partial charge in [0.1, 0.15) is 6.04 Å². The molecule has 1 aromatic rings. The van der Waals surface area contributed by atoms with Crippen molar-refractivity contribution in [2.75, 3.05) is 14.2 Å². The fraction of sp³-hybridized carbons (Fsp3) is 0.286. The minimum absolute atomic E-state index is 0.130. The fourth-order valence-electron chi connectivity index (χ4n) is 1.46. The third-order valence-corrected chi connectivity index (χ3v) is 2.52. The van der Waals surface area contributed by atoms with E-state index in [2.05, 4.69) is 10.1 Å². The van der Waals surface area contributed by atoms with Gasteiger partial charge in [0.2, 0.25) is 5.91 Å². The number of carbonyl (C=O) groups is 2. The van der Waals surface area contributed by atoms with E-state index in [0.717, 1.165) is 0 Å². The normalized spacial score (nSPS) is 12.0. The Labute approximate surface area is 116 Å². The molecule has 0 spiro atoms. The first-order valence-electron chi connectivity index (χ1n) is 5.88. The van der Waals surface area contributed by atoms with E-state index in [0.29, 0.717) is 5.56 Å². The van der Waals surface area contributed by atoms with E-state index in [1.807, 2.05) is 0 Å². The summed E-state index contributed by atoms with van der Waals surface area (Å²) < 4.78 is 22.7. The molecule has 0 aliphatic carbocycles. The minimum Gasteiger partial charge on any atom is -0.494 e. The molecule has 0 bridgehead atoms. The summed E-state index contributed by atoms with van der Waals surface area (Å²) in [6.07, 6.45) is 2.64. The van der Waals surface area contributed by atoms with E-state index >= 15 is 0 Å². The number of methoxy groups -OCH3 is 2. The van der Waals surface area contributed by atoms with Crippen LogP contribution in [-0.2, 0) is 14.3 Å². The van der Waals surface area contributed by atoms with Crippen molar-refractivity contribution >= 4 is 18.0 Å². The lowest BCUT2D eigenvalue weighted by Gasteiger charge is -2.09. The van der Waals surface area contributed by atoms with Crippen LogP contribution in [-0.4, -0.2) is 32.1 Å². The highest BCUT2D eigenvalue weighted by molar-refractivity contribution is 5.94. The predicted octanol–water partition coefficient (Wildman–Crippen LogP) is 1.53. The molecule has 0 aliphatic heterocycles. The number of benzene rings is 1. The lowest BCUT2D eigenvalue weighted by atomic mass is 10.2. The number of carbonyl (C=O) groups excluding carboxylic acids is 2. The van der Waals surface area contributed by atoms with Crippen molar-refractivity contribution in [3.63, 3.8) is 0 Å². The van der Waals surface area contributed by atoms with Crippen LogP contribution in [0.4, 0.5) is 4.39 Å². The summed E-state index contributed by atoms with van der Waals surface area (Å²) in [6.45, 7) is 1.50. The Morgan fingerprint density at radius 2 is 2.05 bits per heavy atom. The van der Waals surface area contributed by atoms with E-state index in [1.54, 1.807) is 6.07 Å². The number of amides is 1. The molecular formula is C14H16FNO4. The summed E-state index contributed by atoms with van der Waals surface area (Å²) in [5.41, 5.74) is 0.504. The Morgan fingerprint density at radius 1 is 1.35 bits per heavy atom. The fourth-order valence-corrected chi connectivity index (χ4v) is 1.46. The van der Waals surface area contributed by atoms with Crippen molar-refractivity contribution in [1.29, 1.82) is 0 Å². The zero-order valence-corrected chi connectivity index (χ0v) is 11.5. The van der Waals surface area contributed by atoms with Crippen molar-refractivity contribution in [2.24, 2.45) is 0 Å². The highest BCUT2D eigenvalue weighted by Crippen LogP contribution is 2.18. The molecule has 20 heavy (non-hydrogen) atoms. The van der Waals surface area contributed by atoms with Gasteiger partial charge in [0, 0.05) is 6.08 Å². The third-order valence-electron chi connectivity index (χ3n) is 2.52. The molecule has 0 aromatic heterocycles. The first kappa shape index (κ1) is 15.7. The summed E-state index contributed by atoms with van der Waals surface area (Å²) in [4.78, 5) is 22.6. The zero-order chi connectivity index (χ0) is 15.1. The van der Waals surface area contributed by atoms with Crippen LogP contribution >= 0.6 is 0 Å². The van der Waals surface area contributed by atoms with Gasteiger partial charge in [0.05, 0.1) is 14.2 Å². The highest BCUT2D eigenvalue weighted by atomic mass is 19.1. The van der Waals surface area contributed by atoms with Gasteiger partial charge in [-0.15, -0.1) is 0 Å². The summed E-state index contributed by atoms with van der Waals surface area (Å²) >= 11 is 0. The number of halogens is 1. The SMILES string of the molecule is COC(=O)C(C)NC(=O)C=Cc1ccc(OC)c(F)c1. The van der Waals surface area contributed by atoms with Crippen LogP contribution in [0.1, 0.15) is 12.5 Å². The summed E-state index contributed by atoms with van der Waals surface area (Å²) in [5.74, 6) is -1.40. The molecule has 0 aliphatic rings. The van der Waals surface area contributed by atoms with Gasteiger partial charge < -0.3 is 14.8 Å². The average molecular weight is 281 g/mol. The maximum atomic E-state index is 13.4. The molecule has 1 aromatic carbocycles. The van der Waals surface area contributed by atoms with E-state index in [4.69, 9.17) is 4.74 Å². The van der Waals surface area contributed by atoms with Gasteiger partial charge >= 0.3 is 5.97 Å². The molecule has 6 heteroatoms. The van der Waals surface area contributed by atoms with Crippen LogP contribution in [0.25, 0.3) is 6.08 Å². The Kier molecular flexibility index (Phi) is 5.71. The van der Waals surface area contributed by atoms with Crippen molar-refractivity contribution in [3.8, 4) is 5.75 Å². The molecule has 1 amide bonds. The van der Waals surface area contributed by atoms with Crippen molar-refractivity contribution < 1.29 is 23.5 Å². The second-order valence-corrected chi connectivity index (χ2v) is 3.98. The van der Waals surface area contributed by atoms with Crippen LogP contribution in [0.3, 0.4) is 0 Å². The van der Waals surface area contributed by atoms with Crippen molar-refractivity contribution in [1.82, 2.24) is 5.32 Å². The average Bonchev–Trinajstić information content (AvgIpc) is 2.44. The maximum Gasteiger partial charge on any atom is 0.328 e. The van der Waals surface area contributed by atoms with Crippen LogP contribution < -0.4 is 10.1 Å². The van der Waals surface area contributed by atoms with Gasteiger partial charge in [-0.25, -0.2) is 9.18 Å². The summed E-state index contributed by atoms with van der Waals surface area (Å²) in [6, 6.07) is 3.57. The molecule has 0 saturated heterocycles. The number of esters is 1. The van der Waals surface area contributed by atoms with Gasteiger partial charge in [0.25, 0.3) is 0 Å². The second kappa shape index (κ2) is 7.28. The minimum atomic E-state index is -0.746. The van der Waals surface area contributed by atoms with Gasteiger partial charge in [-0.2, -0.15) is 0 Å². The van der Waals surface area contributed by atoms with Crippen molar-refractivity contribution in [2.45, 2.75) is 13.0 Å². The summed E-state index contributed by atoms with van der Waals surface area (Å²) in [5, 5.41) is 2.42. The topological polar surface area (TPSA) is 64.6 Å². The lowest BCUT2D eigenvalue weighted by Crippen LogP contribution is -2.38. The third kappa shape index (κ3) is 4.38. The Hall–Kier alpha value is -2.37. The molecule has 5 nitrogen and oxygen atoms in total. The monoisotopic (exact) mass is 281 g/mol. The van der Waals surface area contributed by atoms with E-state index in [9.17, 15) is 14.0 Å². The van der Waals surface area contributed by atoms with Gasteiger partial charge in [-0.3, -0.25) is 4.79 Å². The molecule has 1 rings (SSSR count). The first-order valence-corrected chi connectivity index (χ1v) is 5.88. The molecule has 0 saturated carbocycles. The standard InChI is InChI=1S/C14H16FNO4/c1-9(14(18)20-3)16-13(17)7-5-10-4-6-12(19-2)11(15)8-10/h4-9H,1-3H3,(H,16,17). The smallest absolute Gasteiger partial charge is 0.328 e. The zero-order valence-electron chi connectivity index (χ0n) is 11.5. The number of hydrogen-bond donors (Lipinski definition) is 1. The predicted molar refractivity (Wildman–Crippen MR) is 71.6 cm³/mol. The van der Waals surface area contributed by atoms with Gasteiger partial charge in [-0.05, 0) is 30.7 Å². The van der Waals surface area contributed by atoms with E-state index < -0.39 is 23.7 Å². The molecular weight excluding hydrogens is 265 g/mol. The number of rotatable bonds is 5. The lowest BCUT2D eigenvalue weighted by molar-refractivity contribution is -0.144. The molecule has 1 N–H and O–H groups in total. The van der Waals surface area contributed by atoms with Crippen LogP contribution in [0, 0.1) is 5.82 Å². The van der Waals surface area contributed by atoms with Crippen molar-refractivity contribution in [3.05, 3.63) is 35.7 Å². The van der Waals surface area contributed by atoms with Gasteiger partial charge in [-0.1, -0.05) is 6.07 Å². The largest absolute Gasteiger partial charge is 0.494 e. The number of hydrogen-bond acceptors (Lipinski definition) is 4. The van der Waals surface area contributed by atoms with Gasteiger partial charge in [0.15, 0.2) is 11.6 Å². The maximum absolute atomic E-state index is 13.4. The molecule has 0 radical (unpaired) electrons. The van der Waals surface area contributed by atoms with Crippen LogP contribution in [0.2, 0.25) is 0 Å². The van der Waals surface area contributed by atoms with Crippen LogP contribution in [0.15, 0.2) is 24.3 Å². The highest BCUT2D eigenvalue weighted by Gasteiger charge is 2.13.